The Morgan fingerprint density at radius 2 is 0.887 bits per heavy atom. The topological polar surface area (TPSA) is 304 Å². The van der Waals surface area contributed by atoms with E-state index in [2.05, 4.69) is 93.0 Å². The number of amides is 7. The summed E-state index contributed by atoms with van der Waals surface area (Å²) in [4.78, 5) is 128. The number of fused-ring (bicyclic) bond motifs is 2. The van der Waals surface area contributed by atoms with Crippen molar-refractivity contribution in [2.24, 2.45) is 11.8 Å². The quantitative estimate of drug-likeness (QED) is 0.0198. The van der Waals surface area contributed by atoms with E-state index < -0.39 is 58.9 Å². The smallest absolute Gasteiger partial charge is 0.253 e. The first-order valence-electron chi connectivity index (χ1n) is 35.2. The number of likely N-dealkylation sites (N-methyl/N-ethyl adjacent to an activating group) is 2. The van der Waals surface area contributed by atoms with Crippen LogP contribution in [0.25, 0.3) is 0 Å². The number of unbranched alkanes of at least 4 members (excludes halogenated alkanes) is 2. The van der Waals surface area contributed by atoms with Crippen LogP contribution in [0.2, 0.25) is 0 Å². The molecule has 0 radical (unpaired) electrons. The molecule has 23 heteroatoms. The van der Waals surface area contributed by atoms with Crippen molar-refractivity contribution in [2.75, 3.05) is 70.5 Å². The maximum atomic E-state index is 14.7. The van der Waals surface area contributed by atoms with Crippen molar-refractivity contribution >= 4 is 52.7 Å². The zero-order valence-electron chi connectivity index (χ0n) is 56.8. The first-order chi connectivity index (χ1) is 47.1. The molecule has 5 aromatic carbocycles. The van der Waals surface area contributed by atoms with Gasteiger partial charge < -0.3 is 68.7 Å². The minimum absolute atomic E-state index is 0.0811. The van der Waals surface area contributed by atoms with Gasteiger partial charge in [-0.3, -0.25) is 48.1 Å². The van der Waals surface area contributed by atoms with E-state index in [-0.39, 0.29) is 83.5 Å². The summed E-state index contributed by atoms with van der Waals surface area (Å²) in [5.41, 5.74) is 2.74. The Kier molecular flexibility index (Phi) is 27.7. The molecule has 0 aromatic heterocycles. The molecule has 7 amide bonds. The second-order valence-corrected chi connectivity index (χ2v) is 26.6. The summed E-state index contributed by atoms with van der Waals surface area (Å²) in [6, 6.07) is 33.2. The highest BCUT2D eigenvalue weighted by Crippen LogP contribution is 2.37. The number of carbonyl (C=O) groups excluding carboxylic acids is 7. The van der Waals surface area contributed by atoms with Gasteiger partial charge in [-0.05, 0) is 165 Å². The van der Waals surface area contributed by atoms with E-state index >= 15 is 0 Å². The number of hydrogen-bond donors (Lipinski definition) is 12. The summed E-state index contributed by atoms with van der Waals surface area (Å²) in [6.07, 6.45) is 9.35. The molecule has 12 atom stereocenters. The molecule has 12 N–H and O–H groups in total. The van der Waals surface area contributed by atoms with E-state index in [9.17, 15) is 43.2 Å². The van der Waals surface area contributed by atoms with E-state index in [1.54, 1.807) is 50.2 Å². The van der Waals surface area contributed by atoms with Gasteiger partial charge in [-0.2, -0.15) is 0 Å². The Morgan fingerprint density at radius 3 is 1.40 bits per heavy atom. The van der Waals surface area contributed by atoms with Gasteiger partial charge >= 0.3 is 0 Å². The van der Waals surface area contributed by atoms with Crippen LogP contribution in [0, 0.1) is 11.8 Å². The number of nitrogens with one attached hydrogen (secondary N) is 12. The van der Waals surface area contributed by atoms with Gasteiger partial charge in [-0.15, -0.1) is 0 Å². The van der Waals surface area contributed by atoms with Crippen LogP contribution >= 0.6 is 0 Å². The number of carbonyl (C=O) groups is 7. The lowest BCUT2D eigenvalue weighted by Gasteiger charge is -2.33. The molecular formula is C74H102N14O9. The van der Waals surface area contributed by atoms with Gasteiger partial charge in [0.15, 0.2) is 0 Å². The Labute approximate surface area is 570 Å². The molecular weight excluding hydrogens is 1230 g/mol. The van der Waals surface area contributed by atoms with E-state index in [0.29, 0.717) is 115 Å². The predicted octanol–water partition coefficient (Wildman–Crippen LogP) is 4.17. The van der Waals surface area contributed by atoms with Crippen LogP contribution in [-0.2, 0) is 46.7 Å². The molecule has 4 aliphatic rings. The minimum atomic E-state index is -1.06. The van der Waals surface area contributed by atoms with Crippen molar-refractivity contribution in [3.05, 3.63) is 164 Å². The molecule has 23 nitrogen and oxygen atoms in total. The Morgan fingerprint density at radius 1 is 0.464 bits per heavy atom. The van der Waals surface area contributed by atoms with Gasteiger partial charge in [0.2, 0.25) is 41.4 Å². The molecule has 0 bridgehead atoms. The molecule has 522 valence electrons. The number of nitrogens with zero attached hydrogens (tertiary/aromatic N) is 2. The van der Waals surface area contributed by atoms with E-state index in [1.807, 2.05) is 79.7 Å². The van der Waals surface area contributed by atoms with Crippen LogP contribution in [0.5, 0.6) is 0 Å². The first kappa shape index (κ1) is 72.9. The molecule has 4 saturated heterocycles. The summed E-state index contributed by atoms with van der Waals surface area (Å²) < 4.78 is 0. The highest BCUT2D eigenvalue weighted by molar-refractivity contribution is 5.96. The third-order valence-electron chi connectivity index (χ3n) is 20.1. The monoisotopic (exact) mass is 1330 g/mol. The van der Waals surface area contributed by atoms with Gasteiger partial charge in [-0.25, -0.2) is 0 Å². The number of rotatable bonds is 36. The fourth-order valence-corrected chi connectivity index (χ4v) is 14.2. The zero-order valence-corrected chi connectivity index (χ0v) is 56.8. The van der Waals surface area contributed by atoms with E-state index in [0.717, 1.165) is 44.3 Å². The van der Waals surface area contributed by atoms with Crippen LogP contribution in [0.15, 0.2) is 131 Å². The van der Waals surface area contributed by atoms with Crippen molar-refractivity contribution in [3.8, 4) is 0 Å². The largest absolute Gasteiger partial charge is 0.380 e. The third-order valence-corrected chi connectivity index (χ3v) is 20.1. The maximum absolute atomic E-state index is 14.7. The van der Waals surface area contributed by atoms with Crippen molar-refractivity contribution in [2.45, 2.75) is 177 Å². The number of benzene rings is 4. The second kappa shape index (κ2) is 36.8. The summed E-state index contributed by atoms with van der Waals surface area (Å²) in [6.45, 7) is 8.20. The molecule has 0 unspecified atom stereocenters. The fourth-order valence-electron chi connectivity index (χ4n) is 14.2. The molecule has 0 saturated carbocycles. The summed E-state index contributed by atoms with van der Waals surface area (Å²) in [7, 11) is 3.45. The van der Waals surface area contributed by atoms with Crippen molar-refractivity contribution in [1.29, 1.82) is 0 Å². The van der Waals surface area contributed by atoms with E-state index in [4.69, 9.17) is 0 Å². The van der Waals surface area contributed by atoms with Crippen LogP contribution in [-0.4, -0.2) is 159 Å². The number of anilines is 2. The van der Waals surface area contributed by atoms with Crippen molar-refractivity contribution in [3.63, 3.8) is 0 Å². The van der Waals surface area contributed by atoms with Crippen LogP contribution in [0.1, 0.15) is 138 Å². The fraction of sp³-hybridized carbons (Fsp3) is 0.527. The molecule has 0 spiro atoms. The van der Waals surface area contributed by atoms with Crippen LogP contribution < -0.4 is 74.7 Å². The van der Waals surface area contributed by atoms with Crippen LogP contribution in [0.3, 0.4) is 0 Å². The average molecular weight is 1330 g/mol. The Balaban J connectivity index is 0.713. The van der Waals surface area contributed by atoms with Gasteiger partial charge in [-0.1, -0.05) is 121 Å². The zero-order chi connectivity index (χ0) is 68.6. The van der Waals surface area contributed by atoms with Gasteiger partial charge in [0, 0.05) is 63.9 Å². The Hall–Kier alpha value is -8.35. The lowest BCUT2D eigenvalue weighted by Crippen LogP contribution is -2.58. The normalized spacial score (nSPS) is 22.1. The SMILES string of the molecule is CN[C@@H](C)C(=O)N[C@@H]1C(=O)N2[C@@H](CC[C@@H]1CCNCc1ccccc1)CC[C@H]2C(=O)N[C@H](C(=O)NCCCCNc1c(NCCCCNC(=O)[C@@H](NC(=O)[C@@H]2CC[C@@H]3CC[C@H](CCNCc4ccccc4)[C@H](NC(=O)[C@H](C)NC)CN32)c2ccccc2)c(=O)c1=O)c1ccccc1. The molecule has 0 aliphatic carbocycles. The maximum Gasteiger partial charge on any atom is 0.253 e. The summed E-state index contributed by atoms with van der Waals surface area (Å²) in [5, 5.41) is 37.8. The van der Waals surface area contributed by atoms with Crippen molar-refractivity contribution in [1.82, 2.24) is 63.0 Å². The summed E-state index contributed by atoms with van der Waals surface area (Å²) >= 11 is 0. The van der Waals surface area contributed by atoms with Crippen molar-refractivity contribution < 1.29 is 33.6 Å². The molecule has 4 fully saturated rings. The van der Waals surface area contributed by atoms with Gasteiger partial charge in [0.25, 0.3) is 10.9 Å². The molecule has 4 aliphatic heterocycles. The molecule has 4 heterocycles. The van der Waals surface area contributed by atoms with Crippen LogP contribution in [0.4, 0.5) is 11.4 Å². The lowest BCUT2D eigenvalue weighted by molar-refractivity contribution is -0.144. The number of hydrogen-bond acceptors (Lipinski definition) is 16. The molecule has 5 aromatic rings. The highest BCUT2D eigenvalue weighted by Gasteiger charge is 2.49. The second-order valence-electron chi connectivity index (χ2n) is 26.6. The lowest BCUT2D eigenvalue weighted by atomic mass is 9.90. The molecule has 9 rings (SSSR count). The van der Waals surface area contributed by atoms with Gasteiger partial charge in [0.05, 0.1) is 18.1 Å². The summed E-state index contributed by atoms with van der Waals surface area (Å²) in [5.74, 6) is -2.08. The average Bonchev–Trinajstić information content (AvgIpc) is 1.76. The first-order valence-corrected chi connectivity index (χ1v) is 35.2. The minimum Gasteiger partial charge on any atom is -0.380 e. The third kappa shape index (κ3) is 19.9. The standard InChI is InChI=1S/C74H102N14O9/c1-48(75-3)68(91)83-58-47-87-56(31-29-52(58)37-43-77-45-50-21-9-5-10-22-50)33-35-59(87)70(93)84-61(53-25-13-7-14-26-53)72(95)81-41-19-17-39-79-64-65(67(90)66(64)89)80-40-18-20-42-82-73(96)62(54-27-15-8-16-28-54)85-71(94)60-36-34-57-32-30-55(38-44-78-46-51-23-11-6-12-24-51)63(74(97)88(57)60)86-69(92)49(2)76-4/h5-16,21-28,48-49,52,55-63,75-80H,17-20,29-47H2,1-4H3,(H,81,95)(H,82,96)(H,83,91)(H,84,93)(H,85,94)(H,86,92)/t48-,49-,52+,55+,56-,57-,58+,59-,60-,61-,62-,63-/m0/s1. The Bertz CT molecular complexity index is 3430. The molecule has 97 heavy (non-hydrogen) atoms. The van der Waals surface area contributed by atoms with Gasteiger partial charge in [0.1, 0.15) is 35.5 Å². The van der Waals surface area contributed by atoms with E-state index in [1.165, 1.54) is 5.56 Å². The predicted molar refractivity (Wildman–Crippen MR) is 377 cm³/mol. The highest BCUT2D eigenvalue weighted by atomic mass is 16.2.